The minimum atomic E-state index is -0.300. The van der Waals surface area contributed by atoms with E-state index in [2.05, 4.69) is 15.1 Å². The third-order valence-electron chi connectivity index (χ3n) is 3.41. The molecule has 4 rings (SSSR count). The molecule has 0 N–H and O–H groups in total. The number of benzene rings is 1. The molecule has 0 aliphatic carbocycles. The fraction of sp³-hybridized carbons (Fsp3) is 0.0556. The molecular weight excluding hydrogens is 339 g/mol. The van der Waals surface area contributed by atoms with Crippen LogP contribution in [0.4, 0.5) is 4.39 Å². The largest absolute Gasteiger partial charge is 0.456 e. The van der Waals surface area contributed by atoms with E-state index in [9.17, 15) is 4.39 Å². The predicted octanol–water partition coefficient (Wildman–Crippen LogP) is 4.52. The van der Waals surface area contributed by atoms with Gasteiger partial charge in [0.25, 0.3) is 0 Å². The molecule has 3 aromatic heterocycles. The van der Waals surface area contributed by atoms with Crippen molar-refractivity contribution in [3.8, 4) is 11.5 Å². The molecule has 1 aromatic carbocycles. The maximum Gasteiger partial charge on any atom is 0.156 e. The van der Waals surface area contributed by atoms with Crippen LogP contribution in [0, 0.1) is 12.7 Å². The van der Waals surface area contributed by atoms with Crippen LogP contribution in [0.15, 0.2) is 71.0 Å². The van der Waals surface area contributed by atoms with Gasteiger partial charge >= 0.3 is 0 Å². The maximum atomic E-state index is 13.0. The van der Waals surface area contributed by atoms with Crippen molar-refractivity contribution in [1.29, 1.82) is 0 Å². The summed E-state index contributed by atoms with van der Waals surface area (Å²) >= 11 is 1.52. The van der Waals surface area contributed by atoms with E-state index in [1.807, 2.05) is 25.1 Å². The van der Waals surface area contributed by atoms with Crippen LogP contribution in [0.25, 0.3) is 5.65 Å². The Balaban J connectivity index is 1.60. The standard InChI is InChI=1S/C18H13FN4OS/c1-12-8-18(23-17(22-12)6-7-21-23)25-16-9-15(10-20-11-16)24-14-4-2-13(19)3-5-14/h2-11H,1H3. The van der Waals surface area contributed by atoms with E-state index < -0.39 is 0 Å². The van der Waals surface area contributed by atoms with Crippen LogP contribution in [-0.2, 0) is 0 Å². The zero-order valence-electron chi connectivity index (χ0n) is 13.3. The molecule has 0 unspecified atom stereocenters. The van der Waals surface area contributed by atoms with Crippen LogP contribution >= 0.6 is 11.8 Å². The lowest BCUT2D eigenvalue weighted by Crippen LogP contribution is -1.96. The van der Waals surface area contributed by atoms with Gasteiger partial charge in [-0.25, -0.2) is 13.9 Å². The van der Waals surface area contributed by atoms with Gasteiger partial charge in [-0.05, 0) is 43.3 Å². The van der Waals surface area contributed by atoms with Crippen molar-refractivity contribution in [2.24, 2.45) is 0 Å². The molecule has 4 aromatic rings. The van der Waals surface area contributed by atoms with E-state index in [0.717, 1.165) is 21.3 Å². The van der Waals surface area contributed by atoms with Crippen molar-refractivity contribution in [3.63, 3.8) is 0 Å². The van der Waals surface area contributed by atoms with Crippen LogP contribution in [-0.4, -0.2) is 19.6 Å². The average molecular weight is 352 g/mol. The molecule has 7 heteroatoms. The van der Waals surface area contributed by atoms with Crippen LogP contribution in [0.5, 0.6) is 11.5 Å². The Kier molecular flexibility index (Phi) is 4.07. The smallest absolute Gasteiger partial charge is 0.156 e. The van der Waals surface area contributed by atoms with Crippen molar-refractivity contribution in [2.45, 2.75) is 16.8 Å². The number of nitrogens with zero attached hydrogens (tertiary/aromatic N) is 4. The first-order chi connectivity index (χ1) is 12.2. The van der Waals surface area contributed by atoms with Gasteiger partial charge in [-0.15, -0.1) is 0 Å². The fourth-order valence-electron chi connectivity index (χ4n) is 2.35. The van der Waals surface area contributed by atoms with Crippen LogP contribution in [0.1, 0.15) is 5.69 Å². The summed E-state index contributed by atoms with van der Waals surface area (Å²) in [7, 11) is 0. The number of fused-ring (bicyclic) bond motifs is 1. The molecular formula is C18H13FN4OS. The maximum absolute atomic E-state index is 13.0. The molecule has 0 aliphatic rings. The molecule has 5 nitrogen and oxygen atoms in total. The van der Waals surface area contributed by atoms with E-state index in [4.69, 9.17) is 4.74 Å². The lowest BCUT2D eigenvalue weighted by molar-refractivity contribution is 0.476. The summed E-state index contributed by atoms with van der Waals surface area (Å²) in [6.45, 7) is 1.95. The quantitative estimate of drug-likeness (QED) is 0.506. The predicted molar refractivity (Wildman–Crippen MR) is 92.6 cm³/mol. The fourth-order valence-corrected chi connectivity index (χ4v) is 3.33. The number of halogens is 1. The van der Waals surface area contributed by atoms with Gasteiger partial charge < -0.3 is 4.74 Å². The number of pyridine rings is 1. The lowest BCUT2D eigenvalue weighted by Gasteiger charge is -2.08. The molecule has 124 valence electrons. The zero-order chi connectivity index (χ0) is 17.2. The Morgan fingerprint density at radius 2 is 1.88 bits per heavy atom. The number of hydrogen-bond donors (Lipinski definition) is 0. The summed E-state index contributed by atoms with van der Waals surface area (Å²) in [4.78, 5) is 9.56. The van der Waals surface area contributed by atoms with Crippen molar-refractivity contribution >= 4 is 17.4 Å². The molecule has 0 aliphatic heterocycles. The summed E-state index contributed by atoms with van der Waals surface area (Å²) in [5.74, 6) is 0.838. The van der Waals surface area contributed by atoms with E-state index in [1.165, 1.54) is 23.9 Å². The molecule has 0 fully saturated rings. The summed E-state index contributed by atoms with van der Waals surface area (Å²) in [6.07, 6.45) is 5.10. The average Bonchev–Trinajstić information content (AvgIpc) is 3.06. The van der Waals surface area contributed by atoms with Gasteiger partial charge in [-0.3, -0.25) is 4.98 Å². The Hall–Kier alpha value is -2.93. The monoisotopic (exact) mass is 352 g/mol. The van der Waals surface area contributed by atoms with Crippen LogP contribution in [0.2, 0.25) is 0 Å². The van der Waals surface area contributed by atoms with Gasteiger partial charge in [0.2, 0.25) is 0 Å². The lowest BCUT2D eigenvalue weighted by atomic mass is 10.3. The number of aromatic nitrogens is 4. The van der Waals surface area contributed by atoms with E-state index in [1.54, 1.807) is 35.2 Å². The van der Waals surface area contributed by atoms with Gasteiger partial charge in [0.05, 0.1) is 12.4 Å². The number of hydrogen-bond acceptors (Lipinski definition) is 5. The highest BCUT2D eigenvalue weighted by Crippen LogP contribution is 2.31. The minimum Gasteiger partial charge on any atom is -0.456 e. The van der Waals surface area contributed by atoms with Crippen molar-refractivity contribution in [1.82, 2.24) is 19.6 Å². The Bertz CT molecular complexity index is 1030. The first-order valence-corrected chi connectivity index (χ1v) is 8.37. The number of rotatable bonds is 4. The molecule has 0 spiro atoms. The van der Waals surface area contributed by atoms with Gasteiger partial charge in [0.15, 0.2) is 5.65 Å². The molecule has 25 heavy (non-hydrogen) atoms. The van der Waals surface area contributed by atoms with E-state index in [-0.39, 0.29) is 5.82 Å². The van der Waals surface area contributed by atoms with Gasteiger partial charge in [-0.1, -0.05) is 11.8 Å². The third kappa shape index (κ3) is 3.46. The number of aryl methyl sites for hydroxylation is 1. The van der Waals surface area contributed by atoms with Gasteiger partial charge in [0.1, 0.15) is 22.3 Å². The first-order valence-electron chi connectivity index (χ1n) is 7.55. The summed E-state index contributed by atoms with van der Waals surface area (Å²) in [5, 5.41) is 5.24. The summed E-state index contributed by atoms with van der Waals surface area (Å²) < 4.78 is 20.5. The minimum absolute atomic E-state index is 0.300. The summed E-state index contributed by atoms with van der Waals surface area (Å²) in [5.41, 5.74) is 1.72. The Morgan fingerprint density at radius 3 is 2.72 bits per heavy atom. The topological polar surface area (TPSA) is 52.3 Å². The zero-order valence-corrected chi connectivity index (χ0v) is 14.1. The second kappa shape index (κ2) is 6.52. The van der Waals surface area contributed by atoms with Crippen molar-refractivity contribution in [3.05, 3.63) is 72.6 Å². The van der Waals surface area contributed by atoms with Crippen molar-refractivity contribution < 1.29 is 9.13 Å². The second-order valence-corrected chi connectivity index (χ2v) is 6.45. The van der Waals surface area contributed by atoms with Crippen molar-refractivity contribution in [2.75, 3.05) is 0 Å². The first kappa shape index (κ1) is 15.6. The third-order valence-corrected chi connectivity index (χ3v) is 4.37. The van der Waals surface area contributed by atoms with Crippen LogP contribution in [0.3, 0.4) is 0 Å². The highest BCUT2D eigenvalue weighted by Gasteiger charge is 2.08. The van der Waals surface area contributed by atoms with E-state index in [0.29, 0.717) is 11.5 Å². The Morgan fingerprint density at radius 1 is 1.04 bits per heavy atom. The van der Waals surface area contributed by atoms with Gasteiger partial charge in [-0.2, -0.15) is 5.10 Å². The van der Waals surface area contributed by atoms with Gasteiger partial charge in [0, 0.05) is 22.9 Å². The number of ether oxygens (including phenoxy) is 1. The normalized spacial score (nSPS) is 11.0. The summed E-state index contributed by atoms with van der Waals surface area (Å²) in [6, 6.07) is 11.6. The molecule has 0 amide bonds. The molecule has 0 atom stereocenters. The second-order valence-electron chi connectivity index (χ2n) is 5.35. The van der Waals surface area contributed by atoms with Crippen LogP contribution < -0.4 is 4.74 Å². The van der Waals surface area contributed by atoms with E-state index >= 15 is 0 Å². The molecule has 0 saturated carbocycles. The highest BCUT2D eigenvalue weighted by molar-refractivity contribution is 7.99. The SMILES string of the molecule is Cc1cc(Sc2cncc(Oc3ccc(F)cc3)c2)n2nccc2n1. The highest BCUT2D eigenvalue weighted by atomic mass is 32.2. The molecule has 3 heterocycles. The molecule has 0 saturated heterocycles. The molecule has 0 radical (unpaired) electrons. The Labute approximate surface area is 147 Å². The molecule has 0 bridgehead atoms.